The van der Waals surface area contributed by atoms with Crippen molar-refractivity contribution in [3.8, 4) is 0 Å². The van der Waals surface area contributed by atoms with Crippen LogP contribution in [0.2, 0.25) is 5.02 Å². The van der Waals surface area contributed by atoms with Gasteiger partial charge in [0.15, 0.2) is 0 Å². The monoisotopic (exact) mass is 241 g/mol. The zero-order valence-electron chi connectivity index (χ0n) is 9.55. The van der Waals surface area contributed by atoms with Crippen LogP contribution in [0, 0.1) is 11.7 Å². The molecule has 3 heteroatoms. The molecule has 0 amide bonds. The average molecular weight is 242 g/mol. The van der Waals surface area contributed by atoms with Crippen LogP contribution >= 0.6 is 11.6 Å². The molecular weight excluding hydrogens is 225 g/mol. The lowest BCUT2D eigenvalue weighted by atomic mass is 10.00. The van der Waals surface area contributed by atoms with Crippen LogP contribution in [-0.4, -0.2) is 18.0 Å². The molecule has 1 aromatic rings. The smallest absolute Gasteiger partial charge is 0.129 e. The summed E-state index contributed by atoms with van der Waals surface area (Å²) in [6.07, 6.45) is 2.48. The number of rotatable bonds is 2. The largest absolute Gasteiger partial charge is 0.299 e. The Kier molecular flexibility index (Phi) is 3.82. The number of nitrogens with zero attached hydrogens (tertiary/aromatic N) is 1. The molecule has 1 aliphatic heterocycles. The Labute approximate surface area is 101 Å². The van der Waals surface area contributed by atoms with Gasteiger partial charge in [0, 0.05) is 23.7 Å². The molecule has 0 radical (unpaired) electrons. The fourth-order valence-electron chi connectivity index (χ4n) is 2.34. The van der Waals surface area contributed by atoms with Crippen LogP contribution in [0.25, 0.3) is 0 Å². The fraction of sp³-hybridized carbons (Fsp3) is 0.538. The fourth-order valence-corrected chi connectivity index (χ4v) is 2.56. The van der Waals surface area contributed by atoms with E-state index in [1.165, 1.54) is 18.9 Å². The summed E-state index contributed by atoms with van der Waals surface area (Å²) >= 11 is 6.02. The first-order valence-corrected chi connectivity index (χ1v) is 6.20. The highest BCUT2D eigenvalue weighted by Crippen LogP contribution is 2.23. The summed E-state index contributed by atoms with van der Waals surface area (Å²) in [5.74, 6) is 0.519. The average Bonchev–Trinajstić information content (AvgIpc) is 2.24. The molecular formula is C13H17ClFN. The normalized spacial score (nSPS) is 22.3. The molecule has 1 fully saturated rings. The van der Waals surface area contributed by atoms with Crippen molar-refractivity contribution in [1.29, 1.82) is 0 Å². The molecule has 0 aliphatic carbocycles. The minimum Gasteiger partial charge on any atom is -0.299 e. The van der Waals surface area contributed by atoms with Crippen molar-refractivity contribution < 1.29 is 4.39 Å². The molecule has 0 spiro atoms. The number of halogens is 2. The molecule has 1 heterocycles. The van der Waals surface area contributed by atoms with Gasteiger partial charge in [-0.15, -0.1) is 0 Å². The summed E-state index contributed by atoms with van der Waals surface area (Å²) in [7, 11) is 0. The van der Waals surface area contributed by atoms with Gasteiger partial charge in [-0.05, 0) is 37.4 Å². The van der Waals surface area contributed by atoms with Crippen LogP contribution in [0.5, 0.6) is 0 Å². The van der Waals surface area contributed by atoms with Gasteiger partial charge in [-0.25, -0.2) is 4.39 Å². The summed E-state index contributed by atoms with van der Waals surface area (Å²) in [6.45, 7) is 4.98. The minimum atomic E-state index is -0.189. The third kappa shape index (κ3) is 2.74. The van der Waals surface area contributed by atoms with Gasteiger partial charge in [-0.3, -0.25) is 4.90 Å². The number of piperidine rings is 1. The predicted molar refractivity (Wildman–Crippen MR) is 65.1 cm³/mol. The molecule has 1 aliphatic rings. The molecule has 1 saturated heterocycles. The van der Waals surface area contributed by atoms with Crippen LogP contribution in [-0.2, 0) is 6.54 Å². The van der Waals surface area contributed by atoms with E-state index in [9.17, 15) is 4.39 Å². The maximum absolute atomic E-state index is 13.6. The molecule has 0 unspecified atom stereocenters. The van der Waals surface area contributed by atoms with E-state index < -0.39 is 0 Å². The topological polar surface area (TPSA) is 3.24 Å². The summed E-state index contributed by atoms with van der Waals surface area (Å²) < 4.78 is 13.6. The third-order valence-electron chi connectivity index (χ3n) is 3.18. The predicted octanol–water partition coefficient (Wildman–Crippen LogP) is 3.71. The zero-order valence-corrected chi connectivity index (χ0v) is 10.3. The van der Waals surface area contributed by atoms with Crippen LogP contribution < -0.4 is 0 Å². The van der Waals surface area contributed by atoms with E-state index in [1.54, 1.807) is 12.1 Å². The lowest BCUT2D eigenvalue weighted by Crippen LogP contribution is -2.34. The molecule has 1 aromatic carbocycles. The van der Waals surface area contributed by atoms with Gasteiger partial charge in [-0.2, -0.15) is 0 Å². The van der Waals surface area contributed by atoms with Crippen molar-refractivity contribution in [2.75, 3.05) is 13.1 Å². The summed E-state index contributed by atoms with van der Waals surface area (Å²) in [5, 5.41) is 0.540. The van der Waals surface area contributed by atoms with Gasteiger partial charge < -0.3 is 0 Å². The van der Waals surface area contributed by atoms with E-state index in [-0.39, 0.29) is 5.82 Å². The molecule has 88 valence electrons. The van der Waals surface area contributed by atoms with E-state index in [4.69, 9.17) is 11.6 Å². The van der Waals surface area contributed by atoms with Crippen LogP contribution in [0.3, 0.4) is 0 Å². The second-order valence-electron chi connectivity index (χ2n) is 4.68. The molecule has 2 rings (SSSR count). The molecule has 0 saturated carbocycles. The number of hydrogen-bond acceptors (Lipinski definition) is 1. The Balaban J connectivity index is 2.08. The van der Waals surface area contributed by atoms with Gasteiger partial charge >= 0.3 is 0 Å². The molecule has 0 aromatic heterocycles. The summed E-state index contributed by atoms with van der Waals surface area (Å²) in [5.41, 5.74) is 0.637. The third-order valence-corrected chi connectivity index (χ3v) is 3.54. The minimum absolute atomic E-state index is 0.189. The maximum atomic E-state index is 13.6. The van der Waals surface area contributed by atoms with E-state index >= 15 is 0 Å². The summed E-state index contributed by atoms with van der Waals surface area (Å²) in [6, 6.07) is 4.89. The van der Waals surface area contributed by atoms with Crippen LogP contribution in [0.15, 0.2) is 18.2 Å². The Bertz CT molecular complexity index is 347. The van der Waals surface area contributed by atoms with Gasteiger partial charge in [0.2, 0.25) is 0 Å². The lowest BCUT2D eigenvalue weighted by Gasteiger charge is -2.31. The van der Waals surface area contributed by atoms with E-state index in [1.807, 2.05) is 0 Å². The van der Waals surface area contributed by atoms with Gasteiger partial charge in [0.25, 0.3) is 0 Å². The van der Waals surface area contributed by atoms with Crippen molar-refractivity contribution in [3.05, 3.63) is 34.6 Å². The second kappa shape index (κ2) is 5.15. The van der Waals surface area contributed by atoms with Crippen molar-refractivity contribution in [3.63, 3.8) is 0 Å². The molecule has 1 atom stereocenters. The first-order valence-electron chi connectivity index (χ1n) is 5.82. The van der Waals surface area contributed by atoms with E-state index in [2.05, 4.69) is 11.8 Å². The van der Waals surface area contributed by atoms with Crippen LogP contribution in [0.1, 0.15) is 25.3 Å². The van der Waals surface area contributed by atoms with Crippen molar-refractivity contribution >= 4 is 11.6 Å². The highest BCUT2D eigenvalue weighted by atomic mass is 35.5. The Hall–Kier alpha value is -0.600. The van der Waals surface area contributed by atoms with Gasteiger partial charge in [0.05, 0.1) is 0 Å². The van der Waals surface area contributed by atoms with Crippen molar-refractivity contribution in [2.24, 2.45) is 5.92 Å². The zero-order chi connectivity index (χ0) is 11.5. The molecule has 16 heavy (non-hydrogen) atoms. The second-order valence-corrected chi connectivity index (χ2v) is 5.09. The Morgan fingerprint density at radius 1 is 1.50 bits per heavy atom. The molecule has 0 N–H and O–H groups in total. The number of likely N-dealkylation sites (tertiary alicyclic amines) is 1. The SMILES string of the molecule is C[C@@H]1CCCN(Cc2c(F)cccc2Cl)C1. The van der Waals surface area contributed by atoms with Gasteiger partial charge in [0.1, 0.15) is 5.82 Å². The number of hydrogen-bond donors (Lipinski definition) is 0. The maximum Gasteiger partial charge on any atom is 0.129 e. The highest BCUT2D eigenvalue weighted by molar-refractivity contribution is 6.31. The van der Waals surface area contributed by atoms with E-state index in [0.29, 0.717) is 23.0 Å². The van der Waals surface area contributed by atoms with Gasteiger partial charge in [-0.1, -0.05) is 24.6 Å². The highest BCUT2D eigenvalue weighted by Gasteiger charge is 2.18. The lowest BCUT2D eigenvalue weighted by molar-refractivity contribution is 0.175. The van der Waals surface area contributed by atoms with Crippen LogP contribution in [0.4, 0.5) is 4.39 Å². The first kappa shape index (κ1) is 11.9. The molecule has 0 bridgehead atoms. The van der Waals surface area contributed by atoms with Crippen molar-refractivity contribution in [2.45, 2.75) is 26.3 Å². The van der Waals surface area contributed by atoms with E-state index in [0.717, 1.165) is 13.1 Å². The summed E-state index contributed by atoms with van der Waals surface area (Å²) in [4.78, 5) is 2.29. The first-order chi connectivity index (χ1) is 7.66. The number of benzene rings is 1. The van der Waals surface area contributed by atoms with Crippen molar-refractivity contribution in [1.82, 2.24) is 4.90 Å². The standard InChI is InChI=1S/C13H17ClFN/c1-10-4-3-7-16(8-10)9-11-12(14)5-2-6-13(11)15/h2,5-6,10H,3-4,7-9H2,1H3/t10-/m1/s1. The Morgan fingerprint density at radius 2 is 2.31 bits per heavy atom. The quantitative estimate of drug-likeness (QED) is 0.763. The Morgan fingerprint density at radius 3 is 3.00 bits per heavy atom. The molecule has 1 nitrogen and oxygen atoms in total.